The Kier molecular flexibility index (Phi) is 7.33. The van der Waals surface area contributed by atoms with E-state index in [4.69, 9.17) is 9.15 Å². The van der Waals surface area contributed by atoms with Gasteiger partial charge in [0, 0.05) is 25.6 Å². The van der Waals surface area contributed by atoms with E-state index in [-0.39, 0.29) is 30.4 Å². The Morgan fingerprint density at radius 2 is 1.96 bits per heavy atom. The number of nitrogens with zero attached hydrogens (tertiary/aromatic N) is 2. The summed E-state index contributed by atoms with van der Waals surface area (Å²) < 4.78 is 11.2. The second kappa shape index (κ2) is 9.93. The highest BCUT2D eigenvalue weighted by Crippen LogP contribution is 2.26. The van der Waals surface area contributed by atoms with Crippen LogP contribution in [0.15, 0.2) is 22.8 Å². The van der Waals surface area contributed by atoms with Crippen molar-refractivity contribution in [3.63, 3.8) is 0 Å². The molecule has 0 unspecified atom stereocenters. The smallest absolute Gasteiger partial charge is 0.242 e. The van der Waals surface area contributed by atoms with Crippen molar-refractivity contribution in [1.82, 2.24) is 9.80 Å². The van der Waals surface area contributed by atoms with Gasteiger partial charge in [-0.25, -0.2) is 0 Å². The molecule has 1 saturated heterocycles. The summed E-state index contributed by atoms with van der Waals surface area (Å²) in [5, 5.41) is 0. The second-order valence-corrected chi connectivity index (χ2v) is 7.73. The van der Waals surface area contributed by atoms with E-state index in [0.29, 0.717) is 19.6 Å². The van der Waals surface area contributed by atoms with Crippen LogP contribution < -0.4 is 0 Å². The minimum Gasteiger partial charge on any atom is -0.467 e. The zero-order valence-corrected chi connectivity index (χ0v) is 16.4. The Morgan fingerprint density at radius 3 is 2.59 bits per heavy atom. The van der Waals surface area contributed by atoms with Gasteiger partial charge in [0.1, 0.15) is 5.76 Å². The van der Waals surface area contributed by atoms with E-state index in [0.717, 1.165) is 57.3 Å². The molecule has 1 aromatic rings. The largest absolute Gasteiger partial charge is 0.467 e. The molecule has 3 rings (SSSR count). The van der Waals surface area contributed by atoms with Crippen LogP contribution in [0.3, 0.4) is 0 Å². The quantitative estimate of drug-likeness (QED) is 0.664. The summed E-state index contributed by atoms with van der Waals surface area (Å²) in [5.41, 5.74) is 0. The van der Waals surface area contributed by atoms with Crippen LogP contribution in [0.25, 0.3) is 0 Å². The van der Waals surface area contributed by atoms with Crippen LogP contribution >= 0.6 is 0 Å². The van der Waals surface area contributed by atoms with Crippen LogP contribution in [0.4, 0.5) is 0 Å². The van der Waals surface area contributed by atoms with Gasteiger partial charge in [0.05, 0.1) is 25.5 Å². The van der Waals surface area contributed by atoms with Gasteiger partial charge < -0.3 is 19.0 Å². The standard InChI is InChI=1S/C21H32N2O4/c1-2-11-22(21(25)17-7-3-4-8-17)16-20(24)23(14-18-9-5-12-26-18)15-19-10-6-13-27-19/h5,9,12,17,19H,2-4,6-8,10-11,13-16H2,1H3/t19-/m1/s1. The molecule has 1 aliphatic carbocycles. The Morgan fingerprint density at radius 1 is 1.15 bits per heavy atom. The molecule has 1 atom stereocenters. The topological polar surface area (TPSA) is 63.0 Å². The van der Waals surface area contributed by atoms with Crippen molar-refractivity contribution in [1.29, 1.82) is 0 Å². The first kappa shape index (κ1) is 19.9. The molecule has 6 heteroatoms. The van der Waals surface area contributed by atoms with Gasteiger partial charge in [-0.15, -0.1) is 0 Å². The SMILES string of the molecule is CCCN(CC(=O)N(Cc1ccco1)C[C@H]1CCCO1)C(=O)C1CCCC1. The molecule has 150 valence electrons. The molecule has 27 heavy (non-hydrogen) atoms. The zero-order valence-electron chi connectivity index (χ0n) is 16.4. The van der Waals surface area contributed by atoms with Crippen molar-refractivity contribution in [2.75, 3.05) is 26.2 Å². The Hall–Kier alpha value is -1.82. The van der Waals surface area contributed by atoms with Crippen molar-refractivity contribution in [2.24, 2.45) is 5.92 Å². The summed E-state index contributed by atoms with van der Waals surface area (Å²) in [5.74, 6) is 0.978. The minimum absolute atomic E-state index is 0.0262. The third-order valence-electron chi connectivity index (χ3n) is 5.56. The first-order chi connectivity index (χ1) is 13.2. The average Bonchev–Trinajstić information content (AvgIpc) is 3.42. The van der Waals surface area contributed by atoms with Crippen molar-refractivity contribution >= 4 is 11.8 Å². The number of carbonyl (C=O) groups excluding carboxylic acids is 2. The molecular weight excluding hydrogens is 344 g/mol. The molecule has 0 radical (unpaired) electrons. The predicted octanol–water partition coefficient (Wildman–Crippen LogP) is 3.22. The lowest BCUT2D eigenvalue weighted by Crippen LogP contribution is -2.46. The molecule has 0 spiro atoms. The lowest BCUT2D eigenvalue weighted by Gasteiger charge is -2.30. The van der Waals surface area contributed by atoms with E-state index < -0.39 is 0 Å². The highest BCUT2D eigenvalue weighted by atomic mass is 16.5. The fourth-order valence-corrected chi connectivity index (χ4v) is 4.11. The molecule has 1 aromatic heterocycles. The van der Waals surface area contributed by atoms with Gasteiger partial charge in [0.25, 0.3) is 0 Å². The number of ether oxygens (including phenoxy) is 1. The number of rotatable bonds is 9. The molecule has 2 fully saturated rings. The normalized spacial score (nSPS) is 20.1. The number of hydrogen-bond acceptors (Lipinski definition) is 4. The third-order valence-corrected chi connectivity index (χ3v) is 5.56. The molecule has 1 aliphatic heterocycles. The van der Waals surface area contributed by atoms with Gasteiger partial charge in [-0.2, -0.15) is 0 Å². The average molecular weight is 376 g/mol. The van der Waals surface area contributed by atoms with Gasteiger partial charge in [0.15, 0.2) is 0 Å². The van der Waals surface area contributed by atoms with E-state index in [1.807, 2.05) is 19.1 Å². The van der Waals surface area contributed by atoms with Gasteiger partial charge >= 0.3 is 0 Å². The lowest BCUT2D eigenvalue weighted by molar-refractivity contribution is -0.144. The van der Waals surface area contributed by atoms with Crippen molar-refractivity contribution < 1.29 is 18.7 Å². The Balaban J connectivity index is 1.65. The monoisotopic (exact) mass is 376 g/mol. The molecule has 1 saturated carbocycles. The highest BCUT2D eigenvalue weighted by Gasteiger charge is 2.30. The molecule has 6 nitrogen and oxygen atoms in total. The minimum atomic E-state index is -0.0262. The molecule has 2 amide bonds. The Bertz CT molecular complexity index is 589. The van der Waals surface area contributed by atoms with Gasteiger partial charge in [0.2, 0.25) is 11.8 Å². The highest BCUT2D eigenvalue weighted by molar-refractivity contribution is 5.86. The second-order valence-electron chi connectivity index (χ2n) is 7.73. The number of amides is 2. The summed E-state index contributed by atoms with van der Waals surface area (Å²) in [6.07, 6.45) is 8.72. The van der Waals surface area contributed by atoms with Crippen LogP contribution in [0.1, 0.15) is 57.6 Å². The first-order valence-electron chi connectivity index (χ1n) is 10.4. The van der Waals surface area contributed by atoms with E-state index in [2.05, 4.69) is 0 Å². The molecular formula is C21H32N2O4. The molecule has 0 N–H and O–H groups in total. The summed E-state index contributed by atoms with van der Waals surface area (Å²) in [6.45, 7) is 4.56. The fraction of sp³-hybridized carbons (Fsp3) is 0.714. The van der Waals surface area contributed by atoms with Crippen LogP contribution in [0.2, 0.25) is 0 Å². The number of carbonyl (C=O) groups is 2. The maximum Gasteiger partial charge on any atom is 0.242 e. The summed E-state index contributed by atoms with van der Waals surface area (Å²) in [7, 11) is 0. The summed E-state index contributed by atoms with van der Waals surface area (Å²) in [6, 6.07) is 3.71. The van der Waals surface area contributed by atoms with Crippen LogP contribution in [-0.2, 0) is 20.9 Å². The summed E-state index contributed by atoms with van der Waals surface area (Å²) in [4.78, 5) is 29.5. The zero-order chi connectivity index (χ0) is 19.1. The number of hydrogen-bond donors (Lipinski definition) is 0. The first-order valence-corrected chi connectivity index (χ1v) is 10.4. The third kappa shape index (κ3) is 5.58. The van der Waals surface area contributed by atoms with Crippen LogP contribution in [0, 0.1) is 5.92 Å². The van der Waals surface area contributed by atoms with E-state index in [9.17, 15) is 9.59 Å². The maximum absolute atomic E-state index is 13.1. The molecule has 0 aromatic carbocycles. The molecule has 2 aliphatic rings. The molecule has 2 heterocycles. The lowest BCUT2D eigenvalue weighted by atomic mass is 10.1. The van der Waals surface area contributed by atoms with Gasteiger partial charge in [-0.05, 0) is 44.2 Å². The number of furan rings is 1. The van der Waals surface area contributed by atoms with Gasteiger partial charge in [-0.3, -0.25) is 9.59 Å². The van der Waals surface area contributed by atoms with E-state index in [1.165, 1.54) is 0 Å². The predicted molar refractivity (Wildman–Crippen MR) is 102 cm³/mol. The summed E-state index contributed by atoms with van der Waals surface area (Å²) >= 11 is 0. The van der Waals surface area contributed by atoms with Gasteiger partial charge in [-0.1, -0.05) is 19.8 Å². The van der Waals surface area contributed by atoms with Crippen molar-refractivity contribution in [2.45, 2.75) is 64.5 Å². The van der Waals surface area contributed by atoms with Crippen LogP contribution in [0.5, 0.6) is 0 Å². The maximum atomic E-state index is 13.1. The van der Waals surface area contributed by atoms with Crippen LogP contribution in [-0.4, -0.2) is 54.0 Å². The Labute approximate surface area is 161 Å². The van der Waals surface area contributed by atoms with Crippen molar-refractivity contribution in [3.8, 4) is 0 Å². The van der Waals surface area contributed by atoms with Crippen molar-refractivity contribution in [3.05, 3.63) is 24.2 Å². The molecule has 0 bridgehead atoms. The van der Waals surface area contributed by atoms with E-state index in [1.54, 1.807) is 16.1 Å². The van der Waals surface area contributed by atoms with E-state index >= 15 is 0 Å². The fourth-order valence-electron chi connectivity index (χ4n) is 4.11.